The number of carbonyl (C=O) groups is 1. The number of benzene rings is 1. The molecule has 98 valence electrons. The van der Waals surface area contributed by atoms with E-state index in [1.165, 1.54) is 12.1 Å². The van der Waals surface area contributed by atoms with Crippen LogP contribution in [0.1, 0.15) is 18.9 Å². The van der Waals surface area contributed by atoms with Gasteiger partial charge in [-0.25, -0.2) is 9.18 Å². The molecule has 0 aliphatic carbocycles. The molecule has 1 unspecified atom stereocenters. The lowest BCUT2D eigenvalue weighted by atomic mass is 9.97. The van der Waals surface area contributed by atoms with Crippen LogP contribution in [0.5, 0.6) is 0 Å². The Labute approximate surface area is 106 Å². The van der Waals surface area contributed by atoms with Gasteiger partial charge < -0.3 is 10.5 Å². The SMILES string of the molecule is CC1(CCN)COC(=O)N1Cc1cccc(F)c1. The van der Waals surface area contributed by atoms with Crippen LogP contribution in [0.25, 0.3) is 0 Å². The minimum atomic E-state index is -0.405. The summed E-state index contributed by atoms with van der Waals surface area (Å²) in [7, 11) is 0. The molecule has 2 rings (SSSR count). The van der Waals surface area contributed by atoms with E-state index in [9.17, 15) is 9.18 Å². The molecule has 0 spiro atoms. The number of hydrogen-bond donors (Lipinski definition) is 1. The Morgan fingerprint density at radius 2 is 2.33 bits per heavy atom. The summed E-state index contributed by atoms with van der Waals surface area (Å²) in [6.45, 7) is 3.09. The summed E-state index contributed by atoms with van der Waals surface area (Å²) >= 11 is 0. The summed E-state index contributed by atoms with van der Waals surface area (Å²) in [6.07, 6.45) is 0.295. The number of cyclic esters (lactones) is 1. The molecule has 1 amide bonds. The van der Waals surface area contributed by atoms with E-state index in [0.29, 0.717) is 26.1 Å². The second-order valence-electron chi connectivity index (χ2n) is 4.81. The van der Waals surface area contributed by atoms with Crippen molar-refractivity contribution in [3.05, 3.63) is 35.6 Å². The van der Waals surface area contributed by atoms with Gasteiger partial charge in [0.15, 0.2) is 0 Å². The Bertz CT molecular complexity index is 452. The first-order valence-corrected chi connectivity index (χ1v) is 5.94. The topological polar surface area (TPSA) is 55.6 Å². The summed E-state index contributed by atoms with van der Waals surface area (Å²) in [4.78, 5) is 13.3. The van der Waals surface area contributed by atoms with Gasteiger partial charge in [0.25, 0.3) is 0 Å². The van der Waals surface area contributed by atoms with Crippen LogP contribution >= 0.6 is 0 Å². The van der Waals surface area contributed by atoms with E-state index in [4.69, 9.17) is 10.5 Å². The van der Waals surface area contributed by atoms with E-state index >= 15 is 0 Å². The van der Waals surface area contributed by atoms with Crippen LogP contribution in [0.3, 0.4) is 0 Å². The predicted molar refractivity (Wildman–Crippen MR) is 65.4 cm³/mol. The van der Waals surface area contributed by atoms with Gasteiger partial charge in [0.1, 0.15) is 12.4 Å². The third kappa shape index (κ3) is 2.46. The lowest BCUT2D eigenvalue weighted by Crippen LogP contribution is -2.45. The highest BCUT2D eigenvalue weighted by atomic mass is 19.1. The molecule has 0 aromatic heterocycles. The Balaban J connectivity index is 2.17. The molecule has 1 aromatic carbocycles. The lowest BCUT2D eigenvalue weighted by molar-refractivity contribution is 0.148. The Hall–Kier alpha value is -1.62. The van der Waals surface area contributed by atoms with Gasteiger partial charge in [-0.2, -0.15) is 0 Å². The predicted octanol–water partition coefficient (Wildman–Crippen LogP) is 1.89. The number of hydrogen-bond acceptors (Lipinski definition) is 3. The van der Waals surface area contributed by atoms with Crippen molar-refractivity contribution in [2.45, 2.75) is 25.4 Å². The summed E-state index contributed by atoms with van der Waals surface area (Å²) in [5.41, 5.74) is 5.91. The second-order valence-corrected chi connectivity index (χ2v) is 4.81. The molecule has 4 nitrogen and oxygen atoms in total. The summed E-state index contributed by atoms with van der Waals surface area (Å²) in [5.74, 6) is -0.305. The number of carbonyl (C=O) groups excluding carboxylic acids is 1. The molecule has 5 heteroatoms. The van der Waals surface area contributed by atoms with Crippen molar-refractivity contribution in [2.24, 2.45) is 5.73 Å². The second kappa shape index (κ2) is 4.94. The van der Waals surface area contributed by atoms with Crippen molar-refractivity contribution in [2.75, 3.05) is 13.2 Å². The van der Waals surface area contributed by atoms with Gasteiger partial charge in [-0.3, -0.25) is 4.90 Å². The first-order valence-electron chi connectivity index (χ1n) is 5.94. The maximum Gasteiger partial charge on any atom is 0.410 e. The van der Waals surface area contributed by atoms with Gasteiger partial charge in [0.2, 0.25) is 0 Å². The van der Waals surface area contributed by atoms with E-state index in [1.807, 2.05) is 6.92 Å². The van der Waals surface area contributed by atoms with E-state index < -0.39 is 5.54 Å². The van der Waals surface area contributed by atoms with Crippen molar-refractivity contribution < 1.29 is 13.9 Å². The fraction of sp³-hybridized carbons (Fsp3) is 0.462. The maximum absolute atomic E-state index is 13.1. The number of amides is 1. The molecule has 0 radical (unpaired) electrons. The standard InChI is InChI=1S/C13H17FN2O2/c1-13(5-6-15)9-18-12(17)16(13)8-10-3-2-4-11(14)7-10/h2-4,7H,5-6,8-9,15H2,1H3. The molecule has 1 aliphatic rings. The van der Waals surface area contributed by atoms with Gasteiger partial charge in [0.05, 0.1) is 5.54 Å². The largest absolute Gasteiger partial charge is 0.447 e. The van der Waals surface area contributed by atoms with Crippen LogP contribution in [-0.4, -0.2) is 29.7 Å². The minimum absolute atomic E-state index is 0.305. The zero-order chi connectivity index (χ0) is 13.2. The van der Waals surface area contributed by atoms with Crippen molar-refractivity contribution >= 4 is 6.09 Å². The molecule has 1 atom stereocenters. The van der Waals surface area contributed by atoms with Crippen LogP contribution in [0.15, 0.2) is 24.3 Å². The number of halogens is 1. The summed E-state index contributed by atoms with van der Waals surface area (Å²) < 4.78 is 18.2. The van der Waals surface area contributed by atoms with Crippen LogP contribution < -0.4 is 5.73 Å². The maximum atomic E-state index is 13.1. The summed E-state index contributed by atoms with van der Waals surface area (Å²) in [6, 6.07) is 6.23. The van der Waals surface area contributed by atoms with Crippen LogP contribution in [0, 0.1) is 5.82 Å². The molecular weight excluding hydrogens is 235 g/mol. The first-order chi connectivity index (χ1) is 8.55. The third-order valence-corrected chi connectivity index (χ3v) is 3.29. The molecule has 0 saturated carbocycles. The molecule has 1 aliphatic heterocycles. The highest BCUT2D eigenvalue weighted by Gasteiger charge is 2.42. The van der Waals surface area contributed by atoms with Gasteiger partial charge in [-0.1, -0.05) is 12.1 Å². The van der Waals surface area contributed by atoms with Crippen molar-refractivity contribution in [1.29, 1.82) is 0 Å². The number of ether oxygens (including phenoxy) is 1. The van der Waals surface area contributed by atoms with Crippen molar-refractivity contribution in [1.82, 2.24) is 4.90 Å². The highest BCUT2D eigenvalue weighted by Crippen LogP contribution is 2.28. The molecule has 1 saturated heterocycles. The third-order valence-electron chi connectivity index (χ3n) is 3.29. The molecule has 18 heavy (non-hydrogen) atoms. The number of rotatable bonds is 4. The Morgan fingerprint density at radius 3 is 3.00 bits per heavy atom. The fourth-order valence-electron chi connectivity index (χ4n) is 2.18. The molecule has 1 heterocycles. The van der Waals surface area contributed by atoms with E-state index in [0.717, 1.165) is 5.56 Å². The molecule has 0 bridgehead atoms. The van der Waals surface area contributed by atoms with Crippen molar-refractivity contribution in [3.63, 3.8) is 0 Å². The normalized spacial score (nSPS) is 23.3. The Kier molecular flexibility index (Phi) is 3.52. The van der Waals surface area contributed by atoms with Crippen LogP contribution in [-0.2, 0) is 11.3 Å². The quantitative estimate of drug-likeness (QED) is 0.890. The van der Waals surface area contributed by atoms with E-state index in [1.54, 1.807) is 17.0 Å². The fourth-order valence-corrected chi connectivity index (χ4v) is 2.18. The Morgan fingerprint density at radius 1 is 1.56 bits per heavy atom. The van der Waals surface area contributed by atoms with Gasteiger partial charge in [-0.15, -0.1) is 0 Å². The average Bonchev–Trinajstić information content (AvgIpc) is 2.58. The molecule has 1 fully saturated rings. The van der Waals surface area contributed by atoms with Crippen LogP contribution in [0.4, 0.5) is 9.18 Å². The zero-order valence-electron chi connectivity index (χ0n) is 10.4. The molecular formula is C13H17FN2O2. The lowest BCUT2D eigenvalue weighted by Gasteiger charge is -2.31. The average molecular weight is 252 g/mol. The summed E-state index contributed by atoms with van der Waals surface area (Å²) in [5, 5.41) is 0. The van der Waals surface area contributed by atoms with E-state index in [2.05, 4.69) is 0 Å². The first kappa shape index (κ1) is 12.8. The van der Waals surface area contributed by atoms with Gasteiger partial charge in [0, 0.05) is 6.54 Å². The molecule has 2 N–H and O–H groups in total. The smallest absolute Gasteiger partial charge is 0.410 e. The molecule has 1 aromatic rings. The minimum Gasteiger partial charge on any atom is -0.447 e. The highest BCUT2D eigenvalue weighted by molar-refractivity contribution is 5.71. The van der Waals surface area contributed by atoms with E-state index in [-0.39, 0.29) is 11.9 Å². The van der Waals surface area contributed by atoms with Gasteiger partial charge >= 0.3 is 6.09 Å². The van der Waals surface area contributed by atoms with Crippen molar-refractivity contribution in [3.8, 4) is 0 Å². The number of nitrogens with zero attached hydrogens (tertiary/aromatic N) is 1. The van der Waals surface area contributed by atoms with Crippen LogP contribution in [0.2, 0.25) is 0 Å². The van der Waals surface area contributed by atoms with Gasteiger partial charge in [-0.05, 0) is 37.6 Å². The zero-order valence-corrected chi connectivity index (χ0v) is 10.4. The number of nitrogens with two attached hydrogens (primary N) is 1. The monoisotopic (exact) mass is 252 g/mol.